The minimum Gasteiger partial charge on any atom is -0.421 e. The molecule has 1 aliphatic rings. The lowest BCUT2D eigenvalue weighted by atomic mass is 9.89. The van der Waals surface area contributed by atoms with E-state index in [1.54, 1.807) is 24.3 Å². The van der Waals surface area contributed by atoms with Gasteiger partial charge in [-0.05, 0) is 36.5 Å². The minimum absolute atomic E-state index is 0.302. The van der Waals surface area contributed by atoms with Crippen LogP contribution in [0.4, 0.5) is 4.79 Å². The third-order valence-corrected chi connectivity index (χ3v) is 4.99. The number of nitrogens with one attached hydrogen (secondary N) is 1. The highest BCUT2D eigenvalue weighted by Crippen LogP contribution is 2.22. The Kier molecular flexibility index (Phi) is 7.47. The van der Waals surface area contributed by atoms with Crippen LogP contribution < -0.4 is 5.32 Å². The van der Waals surface area contributed by atoms with Crippen molar-refractivity contribution in [3.8, 4) is 0 Å². The van der Waals surface area contributed by atoms with Gasteiger partial charge in [-0.1, -0.05) is 67.8 Å². The molecular formula is C23H27NO4. The fourth-order valence-electron chi connectivity index (χ4n) is 3.46. The molecule has 1 amide bonds. The number of alkyl carbamates (subject to hydrolysis) is 1. The van der Waals surface area contributed by atoms with Crippen LogP contribution >= 0.6 is 0 Å². The molecule has 1 fully saturated rings. The van der Waals surface area contributed by atoms with Crippen LogP contribution in [0.3, 0.4) is 0 Å². The second-order valence-electron chi connectivity index (χ2n) is 7.18. The van der Waals surface area contributed by atoms with E-state index in [-0.39, 0.29) is 0 Å². The molecule has 1 N–H and O–H groups in total. The molecule has 2 aromatic carbocycles. The first-order valence-electron chi connectivity index (χ1n) is 9.95. The van der Waals surface area contributed by atoms with E-state index in [4.69, 9.17) is 9.47 Å². The van der Waals surface area contributed by atoms with E-state index in [9.17, 15) is 9.59 Å². The van der Waals surface area contributed by atoms with Gasteiger partial charge in [0, 0.05) is 13.0 Å². The van der Waals surface area contributed by atoms with E-state index >= 15 is 0 Å². The number of carbonyl (C=O) groups excluding carboxylic acids is 2. The van der Waals surface area contributed by atoms with Crippen molar-refractivity contribution in [3.63, 3.8) is 0 Å². The van der Waals surface area contributed by atoms with E-state index in [1.807, 2.05) is 36.4 Å². The van der Waals surface area contributed by atoms with Gasteiger partial charge in [-0.15, -0.1) is 0 Å². The highest BCUT2D eigenvalue weighted by molar-refractivity contribution is 5.89. The molecule has 0 spiro atoms. The van der Waals surface area contributed by atoms with Gasteiger partial charge in [0.15, 0.2) is 0 Å². The highest BCUT2D eigenvalue weighted by atomic mass is 16.7. The molecule has 148 valence electrons. The number of rotatable bonds is 7. The molecule has 3 rings (SSSR count). The van der Waals surface area contributed by atoms with Crippen LogP contribution in [-0.4, -0.2) is 24.9 Å². The maximum Gasteiger partial charge on any atom is 0.410 e. The van der Waals surface area contributed by atoms with Crippen LogP contribution in [0.25, 0.3) is 0 Å². The van der Waals surface area contributed by atoms with Crippen molar-refractivity contribution in [2.75, 3.05) is 6.54 Å². The summed E-state index contributed by atoms with van der Waals surface area (Å²) in [6.45, 7) is 0.601. The van der Waals surface area contributed by atoms with Crippen molar-refractivity contribution in [1.29, 1.82) is 0 Å². The molecule has 5 heteroatoms. The van der Waals surface area contributed by atoms with Crippen LogP contribution in [0.2, 0.25) is 0 Å². The van der Waals surface area contributed by atoms with E-state index in [0.717, 1.165) is 18.4 Å². The zero-order valence-electron chi connectivity index (χ0n) is 16.0. The van der Waals surface area contributed by atoms with E-state index < -0.39 is 18.4 Å². The largest absolute Gasteiger partial charge is 0.421 e. The Morgan fingerprint density at radius 1 is 0.893 bits per heavy atom. The Bertz CT molecular complexity index is 742. The number of benzene rings is 2. The fraction of sp³-hybridized carbons (Fsp3) is 0.391. The summed E-state index contributed by atoms with van der Waals surface area (Å²) < 4.78 is 10.9. The molecule has 2 aromatic rings. The normalized spacial score (nSPS) is 15.4. The Morgan fingerprint density at radius 3 is 2.21 bits per heavy atom. The number of amides is 1. The predicted molar refractivity (Wildman–Crippen MR) is 107 cm³/mol. The Balaban J connectivity index is 1.58. The van der Waals surface area contributed by atoms with E-state index in [0.29, 0.717) is 24.4 Å². The van der Waals surface area contributed by atoms with Crippen molar-refractivity contribution in [1.82, 2.24) is 5.32 Å². The summed E-state index contributed by atoms with van der Waals surface area (Å²) in [5, 5.41) is 2.83. The van der Waals surface area contributed by atoms with Gasteiger partial charge >= 0.3 is 12.1 Å². The fourth-order valence-corrected chi connectivity index (χ4v) is 3.46. The quantitative estimate of drug-likeness (QED) is 0.557. The summed E-state index contributed by atoms with van der Waals surface area (Å²) >= 11 is 0. The molecule has 1 unspecified atom stereocenters. The molecule has 0 bridgehead atoms. The minimum atomic E-state index is -0.985. The second-order valence-corrected chi connectivity index (χ2v) is 7.18. The first-order chi connectivity index (χ1) is 13.7. The molecule has 0 saturated heterocycles. The number of ether oxygens (including phenoxy) is 2. The summed E-state index contributed by atoms with van der Waals surface area (Å²) in [7, 11) is 0. The monoisotopic (exact) mass is 381 g/mol. The lowest BCUT2D eigenvalue weighted by Crippen LogP contribution is -2.35. The number of hydrogen-bond donors (Lipinski definition) is 1. The van der Waals surface area contributed by atoms with Crippen molar-refractivity contribution in [2.45, 2.75) is 44.8 Å². The molecule has 1 aliphatic carbocycles. The first kappa shape index (κ1) is 19.9. The number of carbonyl (C=O) groups is 2. The summed E-state index contributed by atoms with van der Waals surface area (Å²) in [5.41, 5.74) is 1.35. The molecule has 5 nitrogen and oxygen atoms in total. The first-order valence-corrected chi connectivity index (χ1v) is 9.95. The van der Waals surface area contributed by atoms with Crippen molar-refractivity contribution < 1.29 is 19.1 Å². The van der Waals surface area contributed by atoms with Gasteiger partial charge in [0.1, 0.15) is 0 Å². The van der Waals surface area contributed by atoms with Crippen molar-refractivity contribution >= 4 is 12.1 Å². The van der Waals surface area contributed by atoms with Crippen LogP contribution in [0.1, 0.15) is 48.0 Å². The van der Waals surface area contributed by atoms with Gasteiger partial charge in [0.25, 0.3) is 6.29 Å². The van der Waals surface area contributed by atoms with Gasteiger partial charge in [-0.2, -0.15) is 0 Å². The Morgan fingerprint density at radius 2 is 1.54 bits per heavy atom. The van der Waals surface area contributed by atoms with E-state index in [1.165, 1.54) is 19.3 Å². The maximum atomic E-state index is 12.4. The average Bonchev–Trinajstić information content (AvgIpc) is 2.74. The number of hydrogen-bond acceptors (Lipinski definition) is 4. The van der Waals surface area contributed by atoms with Gasteiger partial charge in [-0.3, -0.25) is 0 Å². The van der Waals surface area contributed by atoms with Crippen LogP contribution in [-0.2, 0) is 15.9 Å². The van der Waals surface area contributed by atoms with Gasteiger partial charge in [0.05, 0.1) is 5.56 Å². The summed E-state index contributed by atoms with van der Waals surface area (Å²) in [6, 6.07) is 18.2. The summed E-state index contributed by atoms with van der Waals surface area (Å²) in [4.78, 5) is 24.7. The lowest BCUT2D eigenvalue weighted by Gasteiger charge is -2.23. The smallest absolute Gasteiger partial charge is 0.410 e. The lowest BCUT2D eigenvalue weighted by molar-refractivity contribution is -0.0705. The standard InChI is InChI=1S/C23H27NO4/c25-22(20-14-8-3-9-15-20)27-21(16-18-10-4-1-5-11-18)28-23(26)24-17-19-12-6-2-7-13-19/h1,3-5,8-11,14-15,19,21H,2,6-7,12-13,16-17H2,(H,24,26). The topological polar surface area (TPSA) is 64.6 Å². The van der Waals surface area contributed by atoms with Crippen LogP contribution in [0.15, 0.2) is 60.7 Å². The molecular weight excluding hydrogens is 354 g/mol. The average molecular weight is 381 g/mol. The van der Waals surface area contributed by atoms with Crippen molar-refractivity contribution in [2.24, 2.45) is 5.92 Å². The Labute approximate surface area is 166 Å². The van der Waals surface area contributed by atoms with Gasteiger partial charge in [-0.25, -0.2) is 9.59 Å². The molecule has 1 atom stereocenters. The van der Waals surface area contributed by atoms with Gasteiger partial charge < -0.3 is 14.8 Å². The molecule has 28 heavy (non-hydrogen) atoms. The SMILES string of the molecule is O=C(NCC1CCCCC1)OC(Cc1ccccc1)OC(=O)c1ccccc1. The highest BCUT2D eigenvalue weighted by Gasteiger charge is 2.22. The molecule has 1 saturated carbocycles. The second kappa shape index (κ2) is 10.5. The van der Waals surface area contributed by atoms with Crippen LogP contribution in [0.5, 0.6) is 0 Å². The zero-order valence-corrected chi connectivity index (χ0v) is 16.0. The third-order valence-electron chi connectivity index (χ3n) is 4.99. The summed E-state index contributed by atoms with van der Waals surface area (Å²) in [6.07, 6.45) is 4.74. The Hall–Kier alpha value is -2.82. The molecule has 0 radical (unpaired) electrons. The number of esters is 1. The molecule has 0 aliphatic heterocycles. The third kappa shape index (κ3) is 6.41. The van der Waals surface area contributed by atoms with Crippen molar-refractivity contribution in [3.05, 3.63) is 71.8 Å². The van der Waals surface area contributed by atoms with E-state index in [2.05, 4.69) is 5.32 Å². The van der Waals surface area contributed by atoms with Crippen LogP contribution in [0, 0.1) is 5.92 Å². The molecule has 0 heterocycles. The predicted octanol–water partition coefficient (Wildman–Crippen LogP) is 4.72. The maximum absolute atomic E-state index is 12.4. The summed E-state index contributed by atoms with van der Waals surface area (Å²) in [5.74, 6) is -0.0117. The molecule has 0 aromatic heterocycles. The van der Waals surface area contributed by atoms with Gasteiger partial charge in [0.2, 0.25) is 0 Å². The zero-order chi connectivity index (χ0) is 19.6.